The number of rotatable bonds is 4. The van der Waals surface area contributed by atoms with E-state index < -0.39 is 15.8 Å². The van der Waals surface area contributed by atoms with Gasteiger partial charge >= 0.3 is 0 Å². The van der Waals surface area contributed by atoms with Crippen LogP contribution < -0.4 is 5.32 Å². The van der Waals surface area contributed by atoms with Gasteiger partial charge in [0.1, 0.15) is 11.6 Å². The number of carbonyl (C=O) groups is 1. The normalized spacial score (nSPS) is 19.4. The van der Waals surface area contributed by atoms with Crippen LogP contribution in [0.1, 0.15) is 48.5 Å². The second-order valence-corrected chi connectivity index (χ2v) is 9.91. The van der Waals surface area contributed by atoms with Gasteiger partial charge in [0.15, 0.2) is 5.82 Å². The first-order valence-corrected chi connectivity index (χ1v) is 11.8. The second-order valence-electron chi connectivity index (χ2n) is 7.98. The Balaban J connectivity index is 1.69. The fraction of sp³-hybridized carbons (Fsp3) is 0.476. The zero-order chi connectivity index (χ0) is 22.3. The molecule has 1 N–H and O–H groups in total. The summed E-state index contributed by atoms with van der Waals surface area (Å²) in [5.41, 5.74) is 1.89. The predicted octanol–water partition coefficient (Wildman–Crippen LogP) is 2.40. The number of anilines is 1. The SMILES string of the molecule is CNc1nc([C@H]2CCCN2C(C)=O)nc2c1CCN(S(=O)(=O)c1ccc(C)c(F)c1)C2. The number of hydrogen-bond donors (Lipinski definition) is 1. The summed E-state index contributed by atoms with van der Waals surface area (Å²) in [4.78, 5) is 23.0. The summed E-state index contributed by atoms with van der Waals surface area (Å²) >= 11 is 0. The van der Waals surface area contributed by atoms with Crippen LogP contribution in [0.5, 0.6) is 0 Å². The van der Waals surface area contributed by atoms with Gasteiger partial charge in [0.2, 0.25) is 15.9 Å². The molecule has 8 nitrogen and oxygen atoms in total. The molecule has 1 fully saturated rings. The molecule has 1 amide bonds. The number of likely N-dealkylation sites (tertiary alicyclic amines) is 1. The highest BCUT2D eigenvalue weighted by Gasteiger charge is 2.34. The van der Waals surface area contributed by atoms with Crippen LogP contribution in [-0.4, -0.2) is 53.6 Å². The van der Waals surface area contributed by atoms with Gasteiger partial charge in [-0.1, -0.05) is 6.07 Å². The van der Waals surface area contributed by atoms with Crippen LogP contribution >= 0.6 is 0 Å². The topological polar surface area (TPSA) is 95.5 Å². The van der Waals surface area contributed by atoms with Crippen molar-refractivity contribution in [3.63, 3.8) is 0 Å². The molecule has 2 aliphatic rings. The van der Waals surface area contributed by atoms with Crippen molar-refractivity contribution >= 4 is 21.7 Å². The number of aromatic nitrogens is 2. The van der Waals surface area contributed by atoms with Gasteiger partial charge in [-0.05, 0) is 43.9 Å². The zero-order valence-electron chi connectivity index (χ0n) is 17.9. The average molecular weight is 448 g/mol. The van der Waals surface area contributed by atoms with Crippen molar-refractivity contribution in [1.29, 1.82) is 0 Å². The average Bonchev–Trinajstić information content (AvgIpc) is 3.24. The lowest BCUT2D eigenvalue weighted by Gasteiger charge is -2.30. The lowest BCUT2D eigenvalue weighted by Crippen LogP contribution is -2.37. The van der Waals surface area contributed by atoms with E-state index in [2.05, 4.69) is 10.3 Å². The van der Waals surface area contributed by atoms with Crippen molar-refractivity contribution in [3.05, 3.63) is 46.7 Å². The first-order valence-electron chi connectivity index (χ1n) is 10.3. The van der Waals surface area contributed by atoms with Crippen LogP contribution in [0.2, 0.25) is 0 Å². The second kappa shape index (κ2) is 8.16. The lowest BCUT2D eigenvalue weighted by atomic mass is 10.1. The molecule has 0 radical (unpaired) electrons. The van der Waals surface area contributed by atoms with Crippen molar-refractivity contribution in [2.75, 3.05) is 25.5 Å². The highest BCUT2D eigenvalue weighted by atomic mass is 32.2. The van der Waals surface area contributed by atoms with Crippen LogP contribution in [0.25, 0.3) is 0 Å². The number of halogens is 1. The Morgan fingerprint density at radius 1 is 1.26 bits per heavy atom. The molecule has 0 saturated carbocycles. The summed E-state index contributed by atoms with van der Waals surface area (Å²) in [5.74, 6) is 0.608. The summed E-state index contributed by atoms with van der Waals surface area (Å²) in [6.45, 7) is 4.11. The van der Waals surface area contributed by atoms with Crippen molar-refractivity contribution in [3.8, 4) is 0 Å². The molecule has 31 heavy (non-hydrogen) atoms. The van der Waals surface area contributed by atoms with E-state index in [-0.39, 0.29) is 29.9 Å². The molecular formula is C21H26FN5O3S. The number of amides is 1. The van der Waals surface area contributed by atoms with Gasteiger partial charge in [0, 0.05) is 32.6 Å². The fourth-order valence-electron chi connectivity index (χ4n) is 4.28. The Hall–Kier alpha value is -2.59. The van der Waals surface area contributed by atoms with Crippen LogP contribution in [0, 0.1) is 12.7 Å². The monoisotopic (exact) mass is 447 g/mol. The first kappa shape index (κ1) is 21.6. The highest BCUT2D eigenvalue weighted by molar-refractivity contribution is 7.89. The molecule has 10 heteroatoms. The fourth-order valence-corrected chi connectivity index (χ4v) is 5.70. The van der Waals surface area contributed by atoms with Crippen LogP contribution in [0.4, 0.5) is 10.2 Å². The molecule has 3 heterocycles. The van der Waals surface area contributed by atoms with Gasteiger partial charge < -0.3 is 10.2 Å². The highest BCUT2D eigenvalue weighted by Crippen LogP contribution is 2.34. The van der Waals surface area contributed by atoms with Gasteiger partial charge in [0.25, 0.3) is 0 Å². The van der Waals surface area contributed by atoms with Crippen molar-refractivity contribution in [2.45, 2.75) is 50.6 Å². The molecule has 1 atom stereocenters. The van der Waals surface area contributed by atoms with E-state index in [0.717, 1.165) is 24.5 Å². The molecule has 0 unspecified atom stereocenters. The number of carbonyl (C=O) groups excluding carboxylic acids is 1. The molecule has 0 bridgehead atoms. The number of aryl methyl sites for hydroxylation is 1. The van der Waals surface area contributed by atoms with Gasteiger partial charge in [-0.2, -0.15) is 4.31 Å². The smallest absolute Gasteiger partial charge is 0.243 e. The number of fused-ring (bicyclic) bond motifs is 1. The summed E-state index contributed by atoms with van der Waals surface area (Å²) in [6, 6.07) is 3.74. The minimum Gasteiger partial charge on any atom is -0.373 e. The Kier molecular flexibility index (Phi) is 5.69. The summed E-state index contributed by atoms with van der Waals surface area (Å²) in [5, 5.41) is 3.09. The van der Waals surface area contributed by atoms with Gasteiger partial charge in [-0.25, -0.2) is 22.8 Å². The maximum absolute atomic E-state index is 14.0. The van der Waals surface area contributed by atoms with E-state index in [1.807, 2.05) is 0 Å². The van der Waals surface area contributed by atoms with E-state index in [0.29, 0.717) is 35.9 Å². The van der Waals surface area contributed by atoms with Crippen LogP contribution in [0.3, 0.4) is 0 Å². The van der Waals surface area contributed by atoms with Crippen molar-refractivity contribution < 1.29 is 17.6 Å². The maximum Gasteiger partial charge on any atom is 0.243 e. The molecule has 1 aromatic carbocycles. The van der Waals surface area contributed by atoms with Crippen LogP contribution in [0.15, 0.2) is 23.1 Å². The zero-order valence-corrected chi connectivity index (χ0v) is 18.7. The van der Waals surface area contributed by atoms with Gasteiger partial charge in [0.05, 0.1) is 23.2 Å². The molecule has 4 rings (SSSR count). The maximum atomic E-state index is 14.0. The summed E-state index contributed by atoms with van der Waals surface area (Å²) in [7, 11) is -2.11. The van der Waals surface area contributed by atoms with E-state index >= 15 is 0 Å². The number of sulfonamides is 1. The molecule has 1 saturated heterocycles. The molecule has 166 valence electrons. The van der Waals surface area contributed by atoms with Crippen molar-refractivity contribution in [1.82, 2.24) is 19.2 Å². The van der Waals surface area contributed by atoms with E-state index in [9.17, 15) is 17.6 Å². The molecule has 1 aromatic heterocycles. The van der Waals surface area contributed by atoms with Gasteiger partial charge in [-0.3, -0.25) is 4.79 Å². The third kappa shape index (κ3) is 3.89. The first-order chi connectivity index (χ1) is 14.7. The van der Waals surface area contributed by atoms with Gasteiger partial charge in [-0.15, -0.1) is 0 Å². The summed E-state index contributed by atoms with van der Waals surface area (Å²) in [6.07, 6.45) is 2.09. The lowest BCUT2D eigenvalue weighted by molar-refractivity contribution is -0.129. The molecule has 2 aliphatic heterocycles. The third-order valence-corrected chi connectivity index (χ3v) is 7.86. The Morgan fingerprint density at radius 3 is 2.71 bits per heavy atom. The standard InChI is InChI=1S/C21H26FN5O3S/c1-13-6-7-15(11-17(13)22)31(29,30)26-10-8-16-18(12-26)24-21(25-20(16)23-3)19-5-4-9-27(19)14(2)28/h6-7,11,19H,4-5,8-10,12H2,1-3H3,(H,23,24,25)/t19-/m1/s1. The van der Waals surface area contributed by atoms with E-state index in [1.165, 1.54) is 23.4 Å². The molecule has 0 spiro atoms. The molecule has 2 aromatic rings. The Labute approximate surface area is 181 Å². The van der Waals surface area contributed by atoms with Crippen LogP contribution in [-0.2, 0) is 27.8 Å². The summed E-state index contributed by atoms with van der Waals surface area (Å²) < 4.78 is 41.6. The molecule has 0 aliphatic carbocycles. The number of benzene rings is 1. The minimum atomic E-state index is -3.87. The minimum absolute atomic E-state index is 0.0274. The largest absolute Gasteiger partial charge is 0.373 e. The Morgan fingerprint density at radius 2 is 2.03 bits per heavy atom. The van der Waals surface area contributed by atoms with E-state index in [1.54, 1.807) is 18.9 Å². The van der Waals surface area contributed by atoms with E-state index in [4.69, 9.17) is 4.98 Å². The number of nitrogens with zero attached hydrogens (tertiary/aromatic N) is 4. The molecular weight excluding hydrogens is 421 g/mol. The Bertz CT molecular complexity index is 1140. The number of hydrogen-bond acceptors (Lipinski definition) is 6. The number of nitrogens with one attached hydrogen (secondary N) is 1. The van der Waals surface area contributed by atoms with Crippen molar-refractivity contribution in [2.24, 2.45) is 0 Å². The predicted molar refractivity (Wildman–Crippen MR) is 113 cm³/mol. The third-order valence-electron chi connectivity index (χ3n) is 6.02. The quantitative estimate of drug-likeness (QED) is 0.773.